The van der Waals surface area contributed by atoms with Crippen molar-refractivity contribution in [3.8, 4) is 0 Å². The fraction of sp³-hybridized carbons (Fsp3) is 0.588. The Bertz CT molecular complexity index is 525. The highest BCUT2D eigenvalue weighted by Gasteiger charge is 2.54. The Kier molecular flexibility index (Phi) is 4.08. The first-order valence-corrected chi connectivity index (χ1v) is 8.02. The standard InChI is InChI=1S/C17H21ClO3/c1-16(12-19)15(11-13-7-3-4-8-14(13)18)20-17(21-16)9-5-2-6-10-17/h3-4,7-8,12,15H,2,5-6,9-11H2,1H3/t15-,16-/m0/s1. The molecule has 0 amide bonds. The predicted octanol–water partition coefficient (Wildman–Crippen LogP) is 3.92. The van der Waals surface area contributed by atoms with Gasteiger partial charge in [0.05, 0.1) is 0 Å². The van der Waals surface area contributed by atoms with Gasteiger partial charge in [-0.25, -0.2) is 0 Å². The molecule has 2 fully saturated rings. The molecule has 2 aliphatic rings. The normalized spacial score (nSPS) is 31.4. The van der Waals surface area contributed by atoms with Gasteiger partial charge in [-0.05, 0) is 31.4 Å². The topological polar surface area (TPSA) is 35.5 Å². The van der Waals surface area contributed by atoms with E-state index in [0.717, 1.165) is 37.5 Å². The molecule has 4 heteroatoms. The summed E-state index contributed by atoms with van der Waals surface area (Å²) >= 11 is 6.23. The maximum absolute atomic E-state index is 11.6. The van der Waals surface area contributed by atoms with Crippen molar-refractivity contribution in [2.75, 3.05) is 0 Å². The van der Waals surface area contributed by atoms with Crippen molar-refractivity contribution < 1.29 is 14.3 Å². The summed E-state index contributed by atoms with van der Waals surface area (Å²) in [4.78, 5) is 11.6. The highest BCUT2D eigenvalue weighted by Crippen LogP contribution is 2.45. The lowest BCUT2D eigenvalue weighted by molar-refractivity contribution is -0.203. The Morgan fingerprint density at radius 3 is 2.67 bits per heavy atom. The molecule has 1 heterocycles. The first-order chi connectivity index (χ1) is 10.1. The van der Waals surface area contributed by atoms with Gasteiger partial charge in [0.2, 0.25) is 0 Å². The summed E-state index contributed by atoms with van der Waals surface area (Å²) in [7, 11) is 0. The van der Waals surface area contributed by atoms with Crippen LogP contribution in [0.25, 0.3) is 0 Å². The van der Waals surface area contributed by atoms with Crippen LogP contribution in [0.4, 0.5) is 0 Å². The summed E-state index contributed by atoms with van der Waals surface area (Å²) in [5.41, 5.74) is 0.102. The third-order valence-corrected chi connectivity index (χ3v) is 4.98. The third-order valence-electron chi connectivity index (χ3n) is 4.61. The number of benzene rings is 1. The molecule has 114 valence electrons. The summed E-state index contributed by atoms with van der Waals surface area (Å²) in [6.45, 7) is 1.82. The van der Waals surface area contributed by atoms with Gasteiger partial charge in [0, 0.05) is 24.3 Å². The molecule has 0 aromatic heterocycles. The van der Waals surface area contributed by atoms with E-state index in [9.17, 15) is 4.79 Å². The van der Waals surface area contributed by atoms with Crippen molar-refractivity contribution in [3.05, 3.63) is 34.9 Å². The number of hydrogen-bond acceptors (Lipinski definition) is 3. The molecule has 0 radical (unpaired) electrons. The van der Waals surface area contributed by atoms with Crippen LogP contribution >= 0.6 is 11.6 Å². The van der Waals surface area contributed by atoms with Gasteiger partial charge in [0.25, 0.3) is 0 Å². The van der Waals surface area contributed by atoms with Gasteiger partial charge in [-0.15, -0.1) is 0 Å². The summed E-state index contributed by atoms with van der Waals surface area (Å²) in [5.74, 6) is -0.570. The molecule has 1 aromatic rings. The summed E-state index contributed by atoms with van der Waals surface area (Å²) < 4.78 is 12.4. The average molecular weight is 309 g/mol. The number of aldehydes is 1. The molecule has 21 heavy (non-hydrogen) atoms. The summed E-state index contributed by atoms with van der Waals surface area (Å²) in [6, 6.07) is 7.69. The van der Waals surface area contributed by atoms with Crippen molar-refractivity contribution >= 4 is 17.9 Å². The first-order valence-electron chi connectivity index (χ1n) is 7.65. The van der Waals surface area contributed by atoms with Gasteiger partial charge in [0.1, 0.15) is 6.10 Å². The molecule has 0 N–H and O–H groups in total. The van der Waals surface area contributed by atoms with Gasteiger partial charge in [-0.2, -0.15) is 0 Å². The van der Waals surface area contributed by atoms with Gasteiger partial charge in [-0.1, -0.05) is 36.2 Å². The minimum Gasteiger partial charge on any atom is -0.343 e. The molecule has 1 spiro atoms. The van der Waals surface area contributed by atoms with Crippen LogP contribution in [0.15, 0.2) is 24.3 Å². The van der Waals surface area contributed by atoms with Gasteiger partial charge >= 0.3 is 0 Å². The van der Waals surface area contributed by atoms with Crippen LogP contribution in [0, 0.1) is 0 Å². The smallest absolute Gasteiger partial charge is 0.170 e. The molecule has 1 aromatic carbocycles. The first kappa shape index (κ1) is 15.0. The monoisotopic (exact) mass is 308 g/mol. The number of ether oxygens (including phenoxy) is 2. The second kappa shape index (κ2) is 5.71. The van der Waals surface area contributed by atoms with Crippen molar-refractivity contribution in [2.24, 2.45) is 0 Å². The molecule has 1 saturated carbocycles. The lowest BCUT2D eigenvalue weighted by atomic mass is 9.94. The predicted molar refractivity (Wildman–Crippen MR) is 81.4 cm³/mol. The molecule has 1 aliphatic carbocycles. The van der Waals surface area contributed by atoms with Gasteiger partial charge in [-0.3, -0.25) is 0 Å². The Hall–Kier alpha value is -0.900. The second-order valence-corrected chi connectivity index (χ2v) is 6.68. The van der Waals surface area contributed by atoms with Crippen LogP contribution < -0.4 is 0 Å². The minimum atomic E-state index is -0.892. The zero-order chi connectivity index (χ0) is 14.9. The van der Waals surface area contributed by atoms with E-state index in [1.807, 2.05) is 31.2 Å². The number of carbonyl (C=O) groups is 1. The van der Waals surface area contributed by atoms with Crippen molar-refractivity contribution in [3.63, 3.8) is 0 Å². The minimum absolute atomic E-state index is 0.284. The highest BCUT2D eigenvalue weighted by molar-refractivity contribution is 6.31. The molecule has 1 aliphatic heterocycles. The Morgan fingerprint density at radius 1 is 1.29 bits per heavy atom. The van der Waals surface area contributed by atoms with Crippen LogP contribution in [0.3, 0.4) is 0 Å². The van der Waals surface area contributed by atoms with E-state index in [1.54, 1.807) is 0 Å². The second-order valence-electron chi connectivity index (χ2n) is 6.28. The summed E-state index contributed by atoms with van der Waals surface area (Å²) in [5, 5.41) is 0.707. The number of hydrogen-bond donors (Lipinski definition) is 0. The SMILES string of the molecule is C[C@@]1(C=O)OC2(CCCCC2)O[C@H]1Cc1ccccc1Cl. The van der Waals surface area contributed by atoms with Crippen molar-refractivity contribution in [1.29, 1.82) is 0 Å². The number of halogens is 1. The summed E-state index contributed by atoms with van der Waals surface area (Å²) in [6.07, 6.45) is 6.33. The van der Waals surface area contributed by atoms with Crippen LogP contribution in [0.1, 0.15) is 44.6 Å². The zero-order valence-corrected chi connectivity index (χ0v) is 13.1. The molecule has 3 nitrogen and oxygen atoms in total. The lowest BCUT2D eigenvalue weighted by Crippen LogP contribution is -2.40. The van der Waals surface area contributed by atoms with Crippen LogP contribution in [0.5, 0.6) is 0 Å². The fourth-order valence-corrected chi connectivity index (χ4v) is 3.60. The maximum Gasteiger partial charge on any atom is 0.170 e. The molecule has 0 unspecified atom stereocenters. The van der Waals surface area contributed by atoms with E-state index in [2.05, 4.69) is 0 Å². The van der Waals surface area contributed by atoms with E-state index in [4.69, 9.17) is 21.1 Å². The molecular formula is C17H21ClO3. The average Bonchev–Trinajstić information content (AvgIpc) is 2.75. The van der Waals surface area contributed by atoms with E-state index in [-0.39, 0.29) is 6.10 Å². The van der Waals surface area contributed by atoms with Crippen LogP contribution in [-0.2, 0) is 20.7 Å². The van der Waals surface area contributed by atoms with Crippen LogP contribution in [0.2, 0.25) is 5.02 Å². The van der Waals surface area contributed by atoms with E-state index < -0.39 is 11.4 Å². The van der Waals surface area contributed by atoms with Crippen LogP contribution in [-0.4, -0.2) is 23.8 Å². The van der Waals surface area contributed by atoms with E-state index in [1.165, 1.54) is 6.42 Å². The van der Waals surface area contributed by atoms with Gasteiger partial charge in [0.15, 0.2) is 17.7 Å². The van der Waals surface area contributed by atoms with Gasteiger partial charge < -0.3 is 14.3 Å². The molecule has 3 rings (SSSR count). The molecule has 1 saturated heterocycles. The Labute approximate surface area is 130 Å². The molecular weight excluding hydrogens is 288 g/mol. The zero-order valence-electron chi connectivity index (χ0n) is 12.3. The maximum atomic E-state index is 11.6. The fourth-order valence-electron chi connectivity index (χ4n) is 3.39. The van der Waals surface area contributed by atoms with Crippen molar-refractivity contribution in [2.45, 2.75) is 62.9 Å². The molecule has 2 atom stereocenters. The third kappa shape index (κ3) is 2.87. The lowest BCUT2D eigenvalue weighted by Gasteiger charge is -2.32. The highest BCUT2D eigenvalue weighted by atomic mass is 35.5. The van der Waals surface area contributed by atoms with E-state index in [0.29, 0.717) is 11.4 Å². The Balaban J connectivity index is 1.83. The number of rotatable bonds is 3. The molecule has 0 bridgehead atoms. The quantitative estimate of drug-likeness (QED) is 0.794. The number of carbonyl (C=O) groups excluding carboxylic acids is 1. The van der Waals surface area contributed by atoms with E-state index >= 15 is 0 Å². The Morgan fingerprint density at radius 2 is 2.00 bits per heavy atom. The largest absolute Gasteiger partial charge is 0.343 e. The van der Waals surface area contributed by atoms with Crippen molar-refractivity contribution in [1.82, 2.24) is 0 Å².